The average molecular weight is 194 g/mol. The minimum Gasteiger partial charge on any atom is -0.493 e. The van der Waals surface area contributed by atoms with Gasteiger partial charge in [0.1, 0.15) is 5.82 Å². The fourth-order valence-electron chi connectivity index (χ4n) is 2.44. The first kappa shape index (κ1) is 9.56. The molecule has 0 bridgehead atoms. The third-order valence-electron chi connectivity index (χ3n) is 3.33. The van der Waals surface area contributed by atoms with Gasteiger partial charge in [-0.2, -0.15) is 0 Å². The van der Waals surface area contributed by atoms with Crippen LogP contribution in [0, 0.1) is 5.92 Å². The zero-order valence-electron chi connectivity index (χ0n) is 8.66. The molecule has 1 aromatic heterocycles. The number of hydrogen-bond donors (Lipinski definition) is 2. The van der Waals surface area contributed by atoms with Crippen molar-refractivity contribution in [3.63, 3.8) is 0 Å². The summed E-state index contributed by atoms with van der Waals surface area (Å²) < 4.78 is 0. The van der Waals surface area contributed by atoms with E-state index >= 15 is 0 Å². The van der Waals surface area contributed by atoms with Crippen LogP contribution in [0.2, 0.25) is 0 Å². The number of aromatic amines is 1. The maximum absolute atomic E-state index is 9.19. The maximum Gasteiger partial charge on any atom is 0.208 e. The molecule has 2 atom stereocenters. The molecule has 2 unspecified atom stereocenters. The van der Waals surface area contributed by atoms with Gasteiger partial charge >= 0.3 is 0 Å². The summed E-state index contributed by atoms with van der Waals surface area (Å²) in [5, 5.41) is 9.19. The Labute approximate surface area is 84.6 Å². The second-order valence-electron chi connectivity index (χ2n) is 4.29. The number of aromatic nitrogens is 2. The summed E-state index contributed by atoms with van der Waals surface area (Å²) in [6, 6.07) is 0. The summed E-state index contributed by atoms with van der Waals surface area (Å²) in [4.78, 5) is 7.14. The smallest absolute Gasteiger partial charge is 0.208 e. The average Bonchev–Trinajstić information content (AvgIpc) is 2.65. The number of H-pyrrole nitrogens is 1. The van der Waals surface area contributed by atoms with E-state index in [1.54, 1.807) is 0 Å². The maximum atomic E-state index is 9.19. The van der Waals surface area contributed by atoms with Crippen LogP contribution in [0.1, 0.15) is 50.8 Å². The van der Waals surface area contributed by atoms with Crippen molar-refractivity contribution in [2.24, 2.45) is 5.92 Å². The van der Waals surface area contributed by atoms with Crippen molar-refractivity contribution in [3.8, 4) is 5.88 Å². The minimum absolute atomic E-state index is 0.193. The Kier molecular flexibility index (Phi) is 2.75. The SMILES string of the molecule is CCC1CCCC(c2ncc(O)[nH]2)C1. The zero-order chi connectivity index (χ0) is 9.97. The van der Waals surface area contributed by atoms with E-state index in [1.807, 2.05) is 0 Å². The van der Waals surface area contributed by atoms with Gasteiger partial charge in [0.15, 0.2) is 0 Å². The molecule has 0 saturated heterocycles. The molecule has 0 radical (unpaired) electrons. The molecule has 1 saturated carbocycles. The quantitative estimate of drug-likeness (QED) is 0.760. The molecule has 0 aromatic carbocycles. The lowest BCUT2D eigenvalue weighted by atomic mass is 9.80. The lowest BCUT2D eigenvalue weighted by Crippen LogP contribution is -2.14. The highest BCUT2D eigenvalue weighted by atomic mass is 16.3. The van der Waals surface area contributed by atoms with Crippen LogP contribution in [0.15, 0.2) is 6.20 Å². The first-order valence-corrected chi connectivity index (χ1v) is 5.53. The van der Waals surface area contributed by atoms with Crippen LogP contribution in [0.4, 0.5) is 0 Å². The molecule has 2 N–H and O–H groups in total. The number of hydrogen-bond acceptors (Lipinski definition) is 2. The van der Waals surface area contributed by atoms with Gasteiger partial charge in [0.2, 0.25) is 5.88 Å². The van der Waals surface area contributed by atoms with Crippen molar-refractivity contribution in [1.29, 1.82) is 0 Å². The number of imidazole rings is 1. The lowest BCUT2D eigenvalue weighted by Gasteiger charge is -2.26. The molecule has 0 amide bonds. The largest absolute Gasteiger partial charge is 0.493 e. The predicted molar refractivity (Wildman–Crippen MR) is 55.2 cm³/mol. The molecular weight excluding hydrogens is 176 g/mol. The summed E-state index contributed by atoms with van der Waals surface area (Å²) in [7, 11) is 0. The van der Waals surface area contributed by atoms with Gasteiger partial charge in [0.25, 0.3) is 0 Å². The molecule has 3 nitrogen and oxygen atoms in total. The normalized spacial score (nSPS) is 27.8. The van der Waals surface area contributed by atoms with Crippen molar-refractivity contribution in [2.75, 3.05) is 0 Å². The van der Waals surface area contributed by atoms with Crippen LogP contribution < -0.4 is 0 Å². The van der Waals surface area contributed by atoms with Crippen LogP contribution in [-0.4, -0.2) is 15.1 Å². The lowest BCUT2D eigenvalue weighted by molar-refractivity contribution is 0.307. The molecule has 0 aliphatic heterocycles. The molecule has 3 heteroatoms. The molecule has 1 aliphatic rings. The Morgan fingerprint density at radius 3 is 3.07 bits per heavy atom. The topological polar surface area (TPSA) is 48.9 Å². The summed E-state index contributed by atoms with van der Waals surface area (Å²) in [5.74, 6) is 2.55. The molecule has 78 valence electrons. The van der Waals surface area contributed by atoms with Crippen molar-refractivity contribution < 1.29 is 5.11 Å². The van der Waals surface area contributed by atoms with E-state index in [-0.39, 0.29) is 5.88 Å². The Hall–Kier alpha value is -0.990. The van der Waals surface area contributed by atoms with E-state index < -0.39 is 0 Å². The van der Waals surface area contributed by atoms with Crippen molar-refractivity contribution in [3.05, 3.63) is 12.0 Å². The van der Waals surface area contributed by atoms with Crippen LogP contribution in [0.5, 0.6) is 5.88 Å². The molecule has 0 spiro atoms. The van der Waals surface area contributed by atoms with Gasteiger partial charge in [0.05, 0.1) is 6.20 Å². The Morgan fingerprint density at radius 1 is 1.57 bits per heavy atom. The van der Waals surface area contributed by atoms with Crippen molar-refractivity contribution >= 4 is 0 Å². The van der Waals surface area contributed by atoms with Crippen LogP contribution >= 0.6 is 0 Å². The number of nitrogens with one attached hydrogen (secondary N) is 1. The fourth-order valence-corrected chi connectivity index (χ4v) is 2.44. The van der Waals surface area contributed by atoms with E-state index in [9.17, 15) is 5.11 Å². The predicted octanol–water partition coefficient (Wildman–Crippen LogP) is 2.80. The van der Waals surface area contributed by atoms with Gasteiger partial charge in [-0.3, -0.25) is 0 Å². The summed E-state index contributed by atoms with van der Waals surface area (Å²) in [5.41, 5.74) is 0. The van der Waals surface area contributed by atoms with E-state index in [0.29, 0.717) is 5.92 Å². The summed E-state index contributed by atoms with van der Waals surface area (Å²) in [6.45, 7) is 2.26. The van der Waals surface area contributed by atoms with Crippen LogP contribution in [0.3, 0.4) is 0 Å². The van der Waals surface area contributed by atoms with Gasteiger partial charge in [-0.15, -0.1) is 0 Å². The van der Waals surface area contributed by atoms with Crippen molar-refractivity contribution in [1.82, 2.24) is 9.97 Å². The van der Waals surface area contributed by atoms with E-state index in [4.69, 9.17) is 0 Å². The van der Waals surface area contributed by atoms with E-state index in [1.165, 1.54) is 38.3 Å². The molecular formula is C11H18N2O. The second-order valence-corrected chi connectivity index (χ2v) is 4.29. The van der Waals surface area contributed by atoms with Gasteiger partial charge in [-0.1, -0.05) is 26.2 Å². The molecule has 2 rings (SSSR count). The summed E-state index contributed by atoms with van der Waals surface area (Å²) >= 11 is 0. The van der Waals surface area contributed by atoms with Gasteiger partial charge in [0, 0.05) is 5.92 Å². The molecule has 1 aromatic rings. The number of nitrogens with zero attached hydrogens (tertiary/aromatic N) is 1. The van der Waals surface area contributed by atoms with Gasteiger partial charge < -0.3 is 10.1 Å². The zero-order valence-corrected chi connectivity index (χ0v) is 8.66. The highest BCUT2D eigenvalue weighted by Crippen LogP contribution is 2.36. The summed E-state index contributed by atoms with van der Waals surface area (Å²) in [6.07, 6.45) is 7.87. The molecule has 14 heavy (non-hydrogen) atoms. The van der Waals surface area contributed by atoms with E-state index in [2.05, 4.69) is 16.9 Å². The standard InChI is InChI=1S/C11H18N2O/c1-2-8-4-3-5-9(6-8)11-12-7-10(14)13-11/h7-9,14H,2-6H2,1H3,(H,12,13). The first-order chi connectivity index (χ1) is 6.79. The number of rotatable bonds is 2. The van der Waals surface area contributed by atoms with Crippen molar-refractivity contribution in [2.45, 2.75) is 44.9 Å². The van der Waals surface area contributed by atoms with E-state index in [0.717, 1.165) is 11.7 Å². The molecule has 1 fully saturated rings. The Morgan fingerprint density at radius 2 is 2.43 bits per heavy atom. The first-order valence-electron chi connectivity index (χ1n) is 5.53. The Balaban J connectivity index is 2.04. The Bertz CT molecular complexity index is 295. The highest BCUT2D eigenvalue weighted by Gasteiger charge is 2.23. The van der Waals surface area contributed by atoms with Gasteiger partial charge in [-0.05, 0) is 18.8 Å². The fraction of sp³-hybridized carbons (Fsp3) is 0.727. The molecule has 1 heterocycles. The molecule has 1 aliphatic carbocycles. The third-order valence-corrected chi connectivity index (χ3v) is 3.33. The second kappa shape index (κ2) is 4.03. The number of aromatic hydroxyl groups is 1. The van der Waals surface area contributed by atoms with Crippen LogP contribution in [0.25, 0.3) is 0 Å². The van der Waals surface area contributed by atoms with Gasteiger partial charge in [-0.25, -0.2) is 4.98 Å². The third kappa shape index (κ3) is 1.91. The van der Waals surface area contributed by atoms with Crippen LogP contribution in [-0.2, 0) is 0 Å². The highest BCUT2D eigenvalue weighted by molar-refractivity contribution is 5.09. The monoisotopic (exact) mass is 194 g/mol. The minimum atomic E-state index is 0.193.